The topological polar surface area (TPSA) is 71.3 Å². The fourth-order valence-electron chi connectivity index (χ4n) is 3.54. The fourth-order valence-corrected chi connectivity index (χ4v) is 3.54. The summed E-state index contributed by atoms with van der Waals surface area (Å²) in [5, 5.41) is 12.4. The molecular weight excluding hydrogens is 371 g/mol. The van der Waals surface area contributed by atoms with Gasteiger partial charge in [0.25, 0.3) is 0 Å². The highest BCUT2D eigenvalue weighted by molar-refractivity contribution is 6.00. The first-order valence-electron chi connectivity index (χ1n) is 9.85. The average Bonchev–Trinajstić information content (AvgIpc) is 2.75. The van der Waals surface area contributed by atoms with Crippen LogP contribution < -0.4 is 10.1 Å². The van der Waals surface area contributed by atoms with Crippen LogP contribution in [0.15, 0.2) is 42.5 Å². The normalized spacial score (nSPS) is 16.5. The molecule has 5 nitrogen and oxygen atoms in total. The number of carbonyl (C=O) groups excluding carboxylic acids is 1. The fraction of sp³-hybridized carbons (Fsp3) is 0.391. The summed E-state index contributed by atoms with van der Waals surface area (Å²) in [7, 11) is 0. The lowest BCUT2D eigenvalue weighted by Crippen LogP contribution is -2.45. The van der Waals surface area contributed by atoms with Crippen LogP contribution >= 0.6 is 0 Å². The van der Waals surface area contributed by atoms with Gasteiger partial charge in [-0.05, 0) is 44.4 Å². The molecule has 152 valence electrons. The van der Waals surface area contributed by atoms with Gasteiger partial charge in [0.15, 0.2) is 0 Å². The maximum Gasteiger partial charge on any atom is 0.235 e. The molecule has 0 spiro atoms. The molecule has 1 heterocycles. The van der Waals surface area contributed by atoms with Gasteiger partial charge < -0.3 is 14.8 Å². The van der Waals surface area contributed by atoms with Crippen LogP contribution in [-0.4, -0.2) is 25.2 Å². The Morgan fingerprint density at radius 1 is 1.31 bits per heavy atom. The van der Waals surface area contributed by atoms with E-state index in [1.165, 1.54) is 6.07 Å². The molecule has 2 aromatic carbocycles. The molecule has 1 aliphatic heterocycles. The molecule has 0 radical (unpaired) electrons. The van der Waals surface area contributed by atoms with Gasteiger partial charge in [0.1, 0.15) is 17.6 Å². The number of carbonyl (C=O) groups is 1. The predicted molar refractivity (Wildman–Crippen MR) is 108 cm³/mol. The number of amides is 1. The van der Waals surface area contributed by atoms with Crippen molar-refractivity contribution in [1.82, 2.24) is 0 Å². The molecule has 0 aliphatic carbocycles. The van der Waals surface area contributed by atoms with E-state index in [-0.39, 0.29) is 12.0 Å². The number of nitriles is 1. The predicted octanol–water partition coefficient (Wildman–Crippen LogP) is 4.56. The van der Waals surface area contributed by atoms with Gasteiger partial charge in [0, 0.05) is 24.8 Å². The molecule has 1 amide bonds. The van der Waals surface area contributed by atoms with Crippen LogP contribution in [0.4, 0.5) is 10.1 Å². The minimum absolute atomic E-state index is 0.0218. The molecular formula is C23H25FN2O3. The standard InChI is InChI=1S/C23H25FN2O3/c1-3-16(2)29-18-8-9-21(17(14-18)15-25)26-22(27)23(10-12-28-13-11-23)19-6-4-5-7-20(19)24/h4-9,14,16H,3,10-13H2,1-2H3,(H,26,27). The summed E-state index contributed by atoms with van der Waals surface area (Å²) in [6, 6.07) is 13.4. The number of rotatable bonds is 6. The lowest BCUT2D eigenvalue weighted by Gasteiger charge is -2.36. The van der Waals surface area contributed by atoms with E-state index < -0.39 is 11.2 Å². The summed E-state index contributed by atoms with van der Waals surface area (Å²) in [6.07, 6.45) is 1.61. The SMILES string of the molecule is CCC(C)Oc1ccc(NC(=O)C2(c3ccccc3F)CCOCC2)c(C#N)c1. The van der Waals surface area contributed by atoms with Crippen molar-refractivity contribution < 1.29 is 18.7 Å². The van der Waals surface area contributed by atoms with Crippen molar-refractivity contribution in [3.8, 4) is 11.8 Å². The van der Waals surface area contributed by atoms with Gasteiger partial charge in [-0.3, -0.25) is 4.79 Å². The molecule has 1 N–H and O–H groups in total. The Hall–Kier alpha value is -2.91. The van der Waals surface area contributed by atoms with E-state index in [0.717, 1.165) is 6.42 Å². The first-order chi connectivity index (χ1) is 14.0. The van der Waals surface area contributed by atoms with Crippen molar-refractivity contribution in [2.75, 3.05) is 18.5 Å². The van der Waals surface area contributed by atoms with Gasteiger partial charge in [-0.25, -0.2) is 4.39 Å². The number of ether oxygens (including phenoxy) is 2. The van der Waals surface area contributed by atoms with Crippen molar-refractivity contribution in [3.05, 3.63) is 59.4 Å². The molecule has 1 fully saturated rings. The summed E-state index contributed by atoms with van der Waals surface area (Å²) in [5.41, 5.74) is 0.00417. The van der Waals surface area contributed by atoms with Crippen LogP contribution in [0, 0.1) is 17.1 Å². The molecule has 0 aromatic heterocycles. The van der Waals surface area contributed by atoms with Crippen molar-refractivity contribution >= 4 is 11.6 Å². The molecule has 1 unspecified atom stereocenters. The van der Waals surface area contributed by atoms with Crippen LogP contribution in [0.25, 0.3) is 0 Å². The van der Waals surface area contributed by atoms with Crippen molar-refractivity contribution in [3.63, 3.8) is 0 Å². The number of anilines is 1. The largest absolute Gasteiger partial charge is 0.491 e. The third kappa shape index (κ3) is 4.41. The first kappa shape index (κ1) is 20.8. The lowest BCUT2D eigenvalue weighted by molar-refractivity contribution is -0.125. The number of nitrogens with one attached hydrogen (secondary N) is 1. The highest BCUT2D eigenvalue weighted by Crippen LogP contribution is 2.38. The Labute approximate surface area is 170 Å². The van der Waals surface area contributed by atoms with Gasteiger partial charge in [-0.2, -0.15) is 5.26 Å². The highest BCUT2D eigenvalue weighted by atomic mass is 19.1. The molecule has 0 saturated carbocycles. The maximum atomic E-state index is 14.6. The summed E-state index contributed by atoms with van der Waals surface area (Å²) < 4.78 is 25.8. The molecule has 3 rings (SSSR count). The molecule has 6 heteroatoms. The van der Waals surface area contributed by atoms with Gasteiger partial charge in [-0.15, -0.1) is 0 Å². The van der Waals surface area contributed by atoms with Crippen LogP contribution in [0.2, 0.25) is 0 Å². The van der Waals surface area contributed by atoms with E-state index >= 15 is 0 Å². The number of hydrogen-bond acceptors (Lipinski definition) is 4. The van der Waals surface area contributed by atoms with Gasteiger partial charge in [0.2, 0.25) is 5.91 Å². The van der Waals surface area contributed by atoms with Crippen LogP contribution in [-0.2, 0) is 14.9 Å². The Kier molecular flexibility index (Phi) is 6.50. The van der Waals surface area contributed by atoms with Gasteiger partial charge >= 0.3 is 0 Å². The van der Waals surface area contributed by atoms with E-state index in [0.29, 0.717) is 48.6 Å². The zero-order valence-corrected chi connectivity index (χ0v) is 16.7. The smallest absolute Gasteiger partial charge is 0.235 e. The molecule has 1 aliphatic rings. The zero-order chi connectivity index (χ0) is 20.9. The van der Waals surface area contributed by atoms with Gasteiger partial charge in [-0.1, -0.05) is 25.1 Å². The van der Waals surface area contributed by atoms with Gasteiger partial charge in [0.05, 0.1) is 22.8 Å². The third-order valence-corrected chi connectivity index (χ3v) is 5.44. The Bertz CT molecular complexity index is 917. The van der Waals surface area contributed by atoms with E-state index in [2.05, 4.69) is 11.4 Å². The second kappa shape index (κ2) is 9.06. The molecule has 1 atom stereocenters. The van der Waals surface area contributed by atoms with Crippen LogP contribution in [0.5, 0.6) is 5.75 Å². The van der Waals surface area contributed by atoms with E-state index in [4.69, 9.17) is 9.47 Å². The third-order valence-electron chi connectivity index (χ3n) is 5.44. The summed E-state index contributed by atoms with van der Waals surface area (Å²) in [4.78, 5) is 13.3. The summed E-state index contributed by atoms with van der Waals surface area (Å²) in [6.45, 7) is 4.70. The van der Waals surface area contributed by atoms with Crippen molar-refractivity contribution in [2.24, 2.45) is 0 Å². The maximum absolute atomic E-state index is 14.6. The number of halogens is 1. The summed E-state index contributed by atoms with van der Waals surface area (Å²) >= 11 is 0. The second-order valence-electron chi connectivity index (χ2n) is 7.28. The minimum Gasteiger partial charge on any atom is -0.491 e. The molecule has 2 aromatic rings. The van der Waals surface area contributed by atoms with Crippen LogP contribution in [0.1, 0.15) is 44.2 Å². The molecule has 1 saturated heterocycles. The quantitative estimate of drug-likeness (QED) is 0.777. The summed E-state index contributed by atoms with van der Waals surface area (Å²) in [5.74, 6) is -0.177. The van der Waals surface area contributed by atoms with E-state index in [1.54, 1.807) is 36.4 Å². The molecule has 0 bridgehead atoms. The van der Waals surface area contributed by atoms with E-state index in [1.807, 2.05) is 13.8 Å². The Morgan fingerprint density at radius 3 is 2.69 bits per heavy atom. The number of nitrogens with zero attached hydrogens (tertiary/aromatic N) is 1. The lowest BCUT2D eigenvalue weighted by atomic mass is 9.73. The zero-order valence-electron chi connectivity index (χ0n) is 16.7. The van der Waals surface area contributed by atoms with Crippen molar-refractivity contribution in [1.29, 1.82) is 5.26 Å². The monoisotopic (exact) mass is 396 g/mol. The van der Waals surface area contributed by atoms with Crippen LogP contribution in [0.3, 0.4) is 0 Å². The number of hydrogen-bond donors (Lipinski definition) is 1. The van der Waals surface area contributed by atoms with Crippen molar-refractivity contribution in [2.45, 2.75) is 44.6 Å². The molecule has 29 heavy (non-hydrogen) atoms. The average molecular weight is 396 g/mol. The Balaban J connectivity index is 1.91. The first-order valence-corrected chi connectivity index (χ1v) is 9.85. The van der Waals surface area contributed by atoms with E-state index in [9.17, 15) is 14.4 Å². The Morgan fingerprint density at radius 2 is 2.03 bits per heavy atom. The number of benzene rings is 2. The minimum atomic E-state index is -1.04. The second-order valence-corrected chi connectivity index (χ2v) is 7.28. The highest BCUT2D eigenvalue weighted by Gasteiger charge is 2.43.